The molecular formula is C5H6OS. The van der Waals surface area contributed by atoms with Crippen LogP contribution in [0.2, 0.25) is 0 Å². The van der Waals surface area contributed by atoms with E-state index < -0.39 is 0 Å². The smallest absolute Gasteiger partial charge is 0.156 e. The highest BCUT2D eigenvalue weighted by atomic mass is 32.2. The first-order chi connectivity index (χ1) is 3.31. The molecule has 0 aliphatic heterocycles. The van der Waals surface area contributed by atoms with Gasteiger partial charge in [-0.3, -0.25) is 4.79 Å². The molecule has 38 valence electrons. The molecule has 0 amide bonds. The number of carbonyl (C=O) groups excluding carboxylic acids is 1. The molecule has 0 bridgehead atoms. The van der Waals surface area contributed by atoms with Crippen LogP contribution in [0.3, 0.4) is 0 Å². The molecule has 0 saturated heterocycles. The number of aldehydes is 1. The molecule has 0 aromatic heterocycles. The average molecular weight is 114 g/mol. The molecule has 0 N–H and O–H groups in total. The normalized spacial score (nSPS) is 7.43. The molecule has 0 aliphatic carbocycles. The highest BCUT2D eigenvalue weighted by molar-refractivity contribution is 8.06. The van der Waals surface area contributed by atoms with E-state index in [0.29, 0.717) is 11.2 Å². The standard InChI is InChI=1S/C5H6OS/c1-3-7-5(2)4-6/h3-4H,1-2H2. The Kier molecular flexibility index (Phi) is 3.42. The molecule has 0 fully saturated rings. The fourth-order valence-electron chi connectivity index (χ4n) is 0.135. The van der Waals surface area contributed by atoms with Crippen LogP contribution < -0.4 is 0 Å². The number of carbonyl (C=O) groups is 1. The van der Waals surface area contributed by atoms with Crippen molar-refractivity contribution in [3.8, 4) is 0 Å². The maximum atomic E-state index is 9.73. The lowest BCUT2D eigenvalue weighted by molar-refractivity contribution is -0.104. The molecule has 0 aromatic carbocycles. The van der Waals surface area contributed by atoms with Gasteiger partial charge in [-0.1, -0.05) is 24.9 Å². The Balaban J connectivity index is 3.36. The zero-order valence-corrected chi connectivity index (χ0v) is 4.70. The predicted octanol–water partition coefficient (Wildman–Crippen LogP) is 1.58. The molecule has 0 aromatic rings. The van der Waals surface area contributed by atoms with E-state index in [1.165, 1.54) is 11.8 Å². The number of hydrogen-bond acceptors (Lipinski definition) is 2. The zero-order valence-electron chi connectivity index (χ0n) is 3.89. The van der Waals surface area contributed by atoms with Gasteiger partial charge in [0.15, 0.2) is 6.29 Å². The molecule has 0 spiro atoms. The van der Waals surface area contributed by atoms with E-state index in [-0.39, 0.29) is 0 Å². The van der Waals surface area contributed by atoms with Gasteiger partial charge in [-0.2, -0.15) is 0 Å². The largest absolute Gasteiger partial charge is 0.297 e. The van der Waals surface area contributed by atoms with Crippen molar-refractivity contribution >= 4 is 18.0 Å². The summed E-state index contributed by atoms with van der Waals surface area (Å²) >= 11 is 1.23. The van der Waals surface area contributed by atoms with E-state index in [1.54, 1.807) is 5.41 Å². The van der Waals surface area contributed by atoms with Crippen molar-refractivity contribution in [2.45, 2.75) is 0 Å². The van der Waals surface area contributed by atoms with Crippen molar-refractivity contribution in [2.24, 2.45) is 0 Å². The first-order valence-electron chi connectivity index (χ1n) is 1.73. The van der Waals surface area contributed by atoms with E-state index in [9.17, 15) is 4.79 Å². The average Bonchev–Trinajstić information content (AvgIpc) is 1.68. The van der Waals surface area contributed by atoms with Crippen LogP contribution in [0.15, 0.2) is 23.5 Å². The SMILES string of the molecule is C=CSC(=C)C=O. The van der Waals surface area contributed by atoms with Gasteiger partial charge in [0.1, 0.15) is 0 Å². The summed E-state index contributed by atoms with van der Waals surface area (Å²) in [5.74, 6) is 0. The number of hydrogen-bond donors (Lipinski definition) is 0. The Morgan fingerprint density at radius 2 is 2.29 bits per heavy atom. The van der Waals surface area contributed by atoms with E-state index in [2.05, 4.69) is 13.2 Å². The summed E-state index contributed by atoms with van der Waals surface area (Å²) in [6.07, 6.45) is 0.701. The first kappa shape index (κ1) is 6.50. The molecule has 0 saturated carbocycles. The molecule has 0 rings (SSSR count). The molecule has 2 heteroatoms. The predicted molar refractivity (Wildman–Crippen MR) is 33.0 cm³/mol. The fraction of sp³-hybridized carbons (Fsp3) is 0. The molecule has 0 heterocycles. The van der Waals surface area contributed by atoms with Crippen molar-refractivity contribution in [1.29, 1.82) is 0 Å². The number of allylic oxidation sites excluding steroid dienone is 1. The minimum Gasteiger partial charge on any atom is -0.297 e. The van der Waals surface area contributed by atoms with Crippen molar-refractivity contribution < 1.29 is 4.79 Å². The van der Waals surface area contributed by atoms with Crippen LogP contribution >= 0.6 is 11.8 Å². The molecule has 0 radical (unpaired) electrons. The van der Waals surface area contributed by atoms with Gasteiger partial charge in [-0.05, 0) is 5.41 Å². The summed E-state index contributed by atoms with van der Waals surface area (Å²) in [5, 5.41) is 1.57. The lowest BCUT2D eigenvalue weighted by Crippen LogP contribution is -1.66. The van der Waals surface area contributed by atoms with E-state index in [4.69, 9.17) is 0 Å². The molecule has 0 atom stereocenters. The van der Waals surface area contributed by atoms with Gasteiger partial charge in [-0.15, -0.1) is 0 Å². The summed E-state index contributed by atoms with van der Waals surface area (Å²) < 4.78 is 0. The third-order valence-electron chi connectivity index (χ3n) is 0.366. The molecular weight excluding hydrogens is 108 g/mol. The van der Waals surface area contributed by atoms with Gasteiger partial charge in [0, 0.05) is 4.91 Å². The zero-order chi connectivity index (χ0) is 5.70. The van der Waals surface area contributed by atoms with Crippen LogP contribution in [-0.2, 0) is 4.79 Å². The summed E-state index contributed by atoms with van der Waals surface area (Å²) in [7, 11) is 0. The van der Waals surface area contributed by atoms with Crippen LogP contribution in [0.1, 0.15) is 0 Å². The van der Waals surface area contributed by atoms with Crippen molar-refractivity contribution in [1.82, 2.24) is 0 Å². The maximum Gasteiger partial charge on any atom is 0.156 e. The topological polar surface area (TPSA) is 17.1 Å². The second-order valence-electron chi connectivity index (χ2n) is 0.869. The Bertz CT molecular complexity index is 96.3. The van der Waals surface area contributed by atoms with E-state index in [0.717, 1.165) is 0 Å². The van der Waals surface area contributed by atoms with Crippen LogP contribution in [0.5, 0.6) is 0 Å². The van der Waals surface area contributed by atoms with Crippen LogP contribution in [0.25, 0.3) is 0 Å². The monoisotopic (exact) mass is 114 g/mol. The van der Waals surface area contributed by atoms with E-state index >= 15 is 0 Å². The van der Waals surface area contributed by atoms with Crippen LogP contribution in [-0.4, -0.2) is 6.29 Å². The van der Waals surface area contributed by atoms with Crippen molar-refractivity contribution in [2.75, 3.05) is 0 Å². The number of thioether (sulfide) groups is 1. The highest BCUT2D eigenvalue weighted by Crippen LogP contribution is 2.08. The Hall–Kier alpha value is -0.500. The van der Waals surface area contributed by atoms with Gasteiger partial charge < -0.3 is 0 Å². The minimum atomic E-state index is 0.495. The molecule has 0 unspecified atom stereocenters. The quantitative estimate of drug-likeness (QED) is 0.409. The van der Waals surface area contributed by atoms with Gasteiger partial charge in [0.25, 0.3) is 0 Å². The van der Waals surface area contributed by atoms with E-state index in [1.807, 2.05) is 0 Å². The van der Waals surface area contributed by atoms with Gasteiger partial charge in [0.05, 0.1) is 0 Å². The third-order valence-corrected chi connectivity index (χ3v) is 0.932. The maximum absolute atomic E-state index is 9.73. The second-order valence-corrected chi connectivity index (χ2v) is 1.96. The second kappa shape index (κ2) is 3.68. The lowest BCUT2D eigenvalue weighted by atomic mass is 10.7. The third kappa shape index (κ3) is 3.33. The van der Waals surface area contributed by atoms with Gasteiger partial charge >= 0.3 is 0 Å². The summed E-state index contributed by atoms with van der Waals surface area (Å²) in [5.41, 5.74) is 0. The molecule has 1 nitrogen and oxygen atoms in total. The van der Waals surface area contributed by atoms with Crippen LogP contribution in [0.4, 0.5) is 0 Å². The van der Waals surface area contributed by atoms with Crippen molar-refractivity contribution in [3.05, 3.63) is 23.5 Å². The Morgan fingerprint density at radius 3 is 2.43 bits per heavy atom. The number of rotatable bonds is 3. The minimum absolute atomic E-state index is 0.495. The molecule has 7 heavy (non-hydrogen) atoms. The summed E-state index contributed by atoms with van der Waals surface area (Å²) in [6.45, 7) is 6.78. The summed E-state index contributed by atoms with van der Waals surface area (Å²) in [4.78, 5) is 10.2. The lowest BCUT2D eigenvalue weighted by Gasteiger charge is -1.81. The van der Waals surface area contributed by atoms with Crippen molar-refractivity contribution in [3.63, 3.8) is 0 Å². The first-order valence-corrected chi connectivity index (χ1v) is 2.61. The fourth-order valence-corrected chi connectivity index (χ4v) is 0.404. The highest BCUT2D eigenvalue weighted by Gasteiger charge is 1.81. The molecule has 0 aliphatic rings. The van der Waals surface area contributed by atoms with Gasteiger partial charge in [0.2, 0.25) is 0 Å². The van der Waals surface area contributed by atoms with Crippen LogP contribution in [0, 0.1) is 0 Å². The Morgan fingerprint density at radius 1 is 1.71 bits per heavy atom. The Labute approximate surface area is 47.1 Å². The summed E-state index contributed by atoms with van der Waals surface area (Å²) in [6, 6.07) is 0. The van der Waals surface area contributed by atoms with Gasteiger partial charge in [-0.25, -0.2) is 0 Å².